The van der Waals surface area contributed by atoms with Crippen LogP contribution in [0.2, 0.25) is 0 Å². The zero-order valence-corrected chi connectivity index (χ0v) is 17.4. The van der Waals surface area contributed by atoms with Crippen LogP contribution in [0, 0.1) is 11.8 Å². The van der Waals surface area contributed by atoms with Gasteiger partial charge in [0.05, 0.1) is 0 Å². The monoisotopic (exact) mass is 379 g/mol. The summed E-state index contributed by atoms with van der Waals surface area (Å²) in [6.45, 7) is 6.41. The van der Waals surface area contributed by atoms with E-state index in [2.05, 4.69) is 69.8 Å². The summed E-state index contributed by atoms with van der Waals surface area (Å²) in [5.41, 5.74) is 4.30. The van der Waals surface area contributed by atoms with Crippen LogP contribution in [-0.2, 0) is 4.79 Å². The summed E-state index contributed by atoms with van der Waals surface area (Å²) in [6, 6.07) is 18.6. The Morgan fingerprint density at radius 1 is 1.00 bits per heavy atom. The fraction of sp³-hybridized carbons (Fsp3) is 0.375. The molecular formula is C24H29NOS. The van der Waals surface area contributed by atoms with Crippen LogP contribution in [0.25, 0.3) is 11.1 Å². The molecule has 1 unspecified atom stereocenters. The van der Waals surface area contributed by atoms with E-state index in [0.717, 1.165) is 34.7 Å². The summed E-state index contributed by atoms with van der Waals surface area (Å²) in [4.78, 5) is 16.1. The smallest absolute Gasteiger partial charge is 0.231 e. The van der Waals surface area contributed by atoms with Crippen LogP contribution < -0.4 is 4.90 Å². The van der Waals surface area contributed by atoms with Gasteiger partial charge in [0, 0.05) is 22.7 Å². The summed E-state index contributed by atoms with van der Waals surface area (Å²) in [6.07, 6.45) is 3.41. The number of nitrogens with zero attached hydrogens (tertiary/aromatic N) is 1. The van der Waals surface area contributed by atoms with Crippen molar-refractivity contribution in [3.63, 3.8) is 0 Å². The van der Waals surface area contributed by atoms with E-state index in [-0.39, 0.29) is 5.91 Å². The Balaban J connectivity index is 1.93. The van der Waals surface area contributed by atoms with Crippen molar-refractivity contribution in [2.45, 2.75) is 46.5 Å². The van der Waals surface area contributed by atoms with Gasteiger partial charge in [0.25, 0.3) is 0 Å². The molecule has 0 aromatic heterocycles. The second kappa shape index (κ2) is 8.79. The van der Waals surface area contributed by atoms with Crippen molar-refractivity contribution in [2.75, 3.05) is 4.90 Å². The predicted molar refractivity (Wildman–Crippen MR) is 118 cm³/mol. The van der Waals surface area contributed by atoms with Crippen molar-refractivity contribution in [1.29, 1.82) is 0 Å². The SMILES string of the molecule is CC/C(S)=C(\CC)N(C(=O)CC1C[C@H]1C)c1ccc(-c2ccccc2)cc1. The molecule has 1 amide bonds. The van der Waals surface area contributed by atoms with Crippen molar-refractivity contribution < 1.29 is 4.79 Å². The van der Waals surface area contributed by atoms with Gasteiger partial charge in [-0.05, 0) is 54.4 Å². The molecule has 0 saturated heterocycles. The molecule has 0 spiro atoms. The number of carbonyl (C=O) groups is 1. The topological polar surface area (TPSA) is 20.3 Å². The van der Waals surface area contributed by atoms with E-state index in [4.69, 9.17) is 0 Å². The molecule has 2 nitrogen and oxygen atoms in total. The Labute approximate surface area is 168 Å². The van der Waals surface area contributed by atoms with E-state index in [0.29, 0.717) is 18.3 Å². The van der Waals surface area contributed by atoms with Gasteiger partial charge in [0.2, 0.25) is 5.91 Å². The van der Waals surface area contributed by atoms with Gasteiger partial charge in [-0.3, -0.25) is 9.69 Å². The van der Waals surface area contributed by atoms with Crippen molar-refractivity contribution in [2.24, 2.45) is 11.8 Å². The zero-order chi connectivity index (χ0) is 19.4. The molecule has 27 heavy (non-hydrogen) atoms. The Morgan fingerprint density at radius 3 is 2.11 bits per heavy atom. The van der Waals surface area contributed by atoms with Gasteiger partial charge in [0.15, 0.2) is 0 Å². The predicted octanol–water partition coefficient (Wildman–Crippen LogP) is 6.69. The lowest BCUT2D eigenvalue weighted by molar-refractivity contribution is -0.118. The third-order valence-corrected chi connectivity index (χ3v) is 6.04. The highest BCUT2D eigenvalue weighted by atomic mass is 32.1. The fourth-order valence-electron chi connectivity index (χ4n) is 3.58. The standard InChI is InChI=1S/C24H29NOS/c1-4-22(23(27)5-2)25(24(26)16-20-15-17(20)3)21-13-11-19(12-14-21)18-9-7-6-8-10-18/h6-14,17,20,27H,4-5,15-16H2,1-3H3/b23-22-/t17-,20?/m1/s1. The molecule has 2 atom stereocenters. The fourth-order valence-corrected chi connectivity index (χ4v) is 3.84. The molecule has 0 heterocycles. The Bertz CT molecular complexity index is 810. The maximum Gasteiger partial charge on any atom is 0.231 e. The van der Waals surface area contributed by atoms with Crippen molar-refractivity contribution >= 4 is 24.2 Å². The average molecular weight is 380 g/mol. The molecular weight excluding hydrogens is 350 g/mol. The first-order chi connectivity index (χ1) is 13.0. The molecule has 3 heteroatoms. The molecule has 1 aliphatic carbocycles. The van der Waals surface area contributed by atoms with Gasteiger partial charge in [-0.2, -0.15) is 0 Å². The maximum absolute atomic E-state index is 13.2. The summed E-state index contributed by atoms with van der Waals surface area (Å²) < 4.78 is 0. The molecule has 0 aliphatic heterocycles. The normalized spacial score (nSPS) is 19.4. The molecule has 0 radical (unpaired) electrons. The quantitative estimate of drug-likeness (QED) is 0.531. The van der Waals surface area contributed by atoms with E-state index < -0.39 is 0 Å². The molecule has 142 valence electrons. The highest BCUT2D eigenvalue weighted by Gasteiger charge is 2.36. The highest BCUT2D eigenvalue weighted by Crippen LogP contribution is 2.42. The van der Waals surface area contributed by atoms with Gasteiger partial charge in [-0.1, -0.05) is 63.2 Å². The number of hydrogen-bond acceptors (Lipinski definition) is 2. The largest absolute Gasteiger partial charge is 0.284 e. The number of amides is 1. The first kappa shape index (κ1) is 19.8. The summed E-state index contributed by atoms with van der Waals surface area (Å²) in [7, 11) is 0. The summed E-state index contributed by atoms with van der Waals surface area (Å²) >= 11 is 4.68. The first-order valence-electron chi connectivity index (χ1n) is 9.94. The van der Waals surface area contributed by atoms with E-state index in [1.807, 2.05) is 23.1 Å². The molecule has 0 bridgehead atoms. The Kier molecular flexibility index (Phi) is 6.43. The van der Waals surface area contributed by atoms with Gasteiger partial charge in [-0.15, -0.1) is 12.6 Å². The number of carbonyl (C=O) groups excluding carboxylic acids is 1. The summed E-state index contributed by atoms with van der Waals surface area (Å²) in [5, 5.41) is 0. The lowest BCUT2D eigenvalue weighted by Crippen LogP contribution is -2.31. The van der Waals surface area contributed by atoms with Gasteiger partial charge in [-0.25, -0.2) is 0 Å². The molecule has 1 aliphatic rings. The number of benzene rings is 2. The number of rotatable bonds is 7. The van der Waals surface area contributed by atoms with Crippen LogP contribution >= 0.6 is 12.6 Å². The van der Waals surface area contributed by atoms with Crippen LogP contribution in [-0.4, -0.2) is 5.91 Å². The molecule has 1 fully saturated rings. The van der Waals surface area contributed by atoms with Crippen molar-refractivity contribution in [3.05, 3.63) is 65.2 Å². The minimum atomic E-state index is 0.189. The van der Waals surface area contributed by atoms with Gasteiger partial charge >= 0.3 is 0 Å². The lowest BCUT2D eigenvalue weighted by atomic mass is 10.0. The number of thiol groups is 1. The highest BCUT2D eigenvalue weighted by molar-refractivity contribution is 7.84. The zero-order valence-electron chi connectivity index (χ0n) is 16.5. The maximum atomic E-state index is 13.2. The second-order valence-corrected chi connectivity index (χ2v) is 7.96. The third kappa shape index (κ3) is 4.65. The minimum Gasteiger partial charge on any atom is -0.284 e. The molecule has 2 aromatic rings. The first-order valence-corrected chi connectivity index (χ1v) is 10.4. The number of allylic oxidation sites excluding steroid dienone is 2. The van der Waals surface area contributed by atoms with E-state index in [1.54, 1.807) is 0 Å². The Hall–Kier alpha value is -2.00. The third-order valence-electron chi connectivity index (χ3n) is 5.47. The summed E-state index contributed by atoms with van der Waals surface area (Å²) in [5.74, 6) is 1.40. The van der Waals surface area contributed by atoms with E-state index >= 15 is 0 Å². The number of anilines is 1. The van der Waals surface area contributed by atoms with Crippen LogP contribution in [0.1, 0.15) is 46.5 Å². The van der Waals surface area contributed by atoms with Crippen LogP contribution in [0.5, 0.6) is 0 Å². The minimum absolute atomic E-state index is 0.189. The van der Waals surface area contributed by atoms with E-state index in [1.165, 1.54) is 12.0 Å². The van der Waals surface area contributed by atoms with E-state index in [9.17, 15) is 4.79 Å². The van der Waals surface area contributed by atoms with Gasteiger partial charge < -0.3 is 0 Å². The molecule has 1 saturated carbocycles. The molecule has 0 N–H and O–H groups in total. The average Bonchev–Trinajstić information content (AvgIpc) is 3.40. The Morgan fingerprint density at radius 2 is 1.59 bits per heavy atom. The van der Waals surface area contributed by atoms with Crippen LogP contribution in [0.15, 0.2) is 65.2 Å². The second-order valence-electron chi connectivity index (χ2n) is 7.42. The molecule has 3 rings (SSSR count). The number of hydrogen-bond donors (Lipinski definition) is 1. The van der Waals surface area contributed by atoms with Gasteiger partial charge in [0.1, 0.15) is 0 Å². The van der Waals surface area contributed by atoms with Crippen LogP contribution in [0.4, 0.5) is 5.69 Å². The lowest BCUT2D eigenvalue weighted by Gasteiger charge is -2.27. The van der Waals surface area contributed by atoms with Crippen molar-refractivity contribution in [1.82, 2.24) is 0 Å². The van der Waals surface area contributed by atoms with Crippen LogP contribution in [0.3, 0.4) is 0 Å². The molecule has 2 aromatic carbocycles. The van der Waals surface area contributed by atoms with Crippen molar-refractivity contribution in [3.8, 4) is 11.1 Å².